The Morgan fingerprint density at radius 2 is 2.00 bits per heavy atom. The van der Waals surface area contributed by atoms with Crippen LogP contribution in [0.5, 0.6) is 11.5 Å². The summed E-state index contributed by atoms with van der Waals surface area (Å²) < 4.78 is 11.2. The van der Waals surface area contributed by atoms with Gasteiger partial charge in [-0.3, -0.25) is 4.79 Å². The zero-order valence-corrected chi connectivity index (χ0v) is 17.4. The molecule has 1 amide bonds. The van der Waals surface area contributed by atoms with Crippen LogP contribution in [0.3, 0.4) is 0 Å². The van der Waals surface area contributed by atoms with E-state index in [4.69, 9.17) is 9.47 Å². The zero-order chi connectivity index (χ0) is 17.2. The van der Waals surface area contributed by atoms with E-state index in [2.05, 4.69) is 10.3 Å². The van der Waals surface area contributed by atoms with Crippen molar-refractivity contribution in [2.45, 2.75) is 6.61 Å². The largest absolute Gasteiger partial charge is 0.493 e. The monoisotopic (exact) mass is 431 g/mol. The highest BCUT2D eigenvalue weighted by atomic mass is 35.5. The molecular weight excluding hydrogens is 409 g/mol. The summed E-state index contributed by atoms with van der Waals surface area (Å²) in [6.45, 7) is 4.08. The third-order valence-electron chi connectivity index (χ3n) is 4.95. The van der Waals surface area contributed by atoms with Crippen LogP contribution in [-0.2, 0) is 6.61 Å². The minimum absolute atomic E-state index is 0. The van der Waals surface area contributed by atoms with Crippen molar-refractivity contribution in [2.75, 3.05) is 33.3 Å². The first-order valence-electron chi connectivity index (χ1n) is 8.42. The molecular formula is C18H23Cl2N3O3S. The summed E-state index contributed by atoms with van der Waals surface area (Å²) in [7, 11) is 1.59. The Hall–Kier alpha value is -1.54. The number of thiazole rings is 1. The van der Waals surface area contributed by atoms with Gasteiger partial charge < -0.3 is 19.7 Å². The fourth-order valence-corrected chi connectivity index (χ4v) is 4.13. The smallest absolute Gasteiger partial charge is 0.254 e. The van der Waals surface area contributed by atoms with E-state index in [0.717, 1.165) is 31.9 Å². The van der Waals surface area contributed by atoms with Crippen LogP contribution in [0.4, 0.5) is 0 Å². The van der Waals surface area contributed by atoms with Gasteiger partial charge in [0, 0.05) is 37.1 Å². The Kier molecular flexibility index (Phi) is 7.73. The van der Waals surface area contributed by atoms with Crippen LogP contribution in [0.1, 0.15) is 16.1 Å². The number of ether oxygens (including phenoxy) is 2. The van der Waals surface area contributed by atoms with Gasteiger partial charge >= 0.3 is 0 Å². The number of benzene rings is 1. The average molecular weight is 432 g/mol. The number of fused-ring (bicyclic) bond motifs is 1. The molecule has 0 radical (unpaired) electrons. The topological polar surface area (TPSA) is 63.7 Å². The number of aromatic nitrogens is 1. The summed E-state index contributed by atoms with van der Waals surface area (Å²) in [6.07, 6.45) is 0. The Balaban J connectivity index is 0.00000131. The Bertz CT molecular complexity index is 748. The molecule has 2 atom stereocenters. The van der Waals surface area contributed by atoms with Gasteiger partial charge in [0.05, 0.1) is 18.3 Å². The van der Waals surface area contributed by atoms with Crippen molar-refractivity contribution in [2.24, 2.45) is 11.8 Å². The molecule has 27 heavy (non-hydrogen) atoms. The number of rotatable bonds is 5. The molecule has 0 unspecified atom stereocenters. The van der Waals surface area contributed by atoms with Crippen LogP contribution in [0, 0.1) is 11.8 Å². The Morgan fingerprint density at radius 3 is 2.63 bits per heavy atom. The highest BCUT2D eigenvalue weighted by molar-refractivity contribution is 7.07. The maximum absolute atomic E-state index is 12.8. The van der Waals surface area contributed by atoms with Crippen LogP contribution in [0.25, 0.3) is 0 Å². The van der Waals surface area contributed by atoms with Gasteiger partial charge in [0.25, 0.3) is 5.91 Å². The molecule has 2 saturated heterocycles. The van der Waals surface area contributed by atoms with Gasteiger partial charge in [0.2, 0.25) is 0 Å². The van der Waals surface area contributed by atoms with Crippen molar-refractivity contribution in [3.63, 3.8) is 0 Å². The van der Waals surface area contributed by atoms with Crippen molar-refractivity contribution in [3.8, 4) is 11.5 Å². The van der Waals surface area contributed by atoms with Crippen molar-refractivity contribution >= 4 is 42.1 Å². The first-order valence-corrected chi connectivity index (χ1v) is 9.37. The van der Waals surface area contributed by atoms with Gasteiger partial charge in [-0.1, -0.05) is 0 Å². The summed E-state index contributed by atoms with van der Waals surface area (Å²) in [5, 5.41) is 5.34. The lowest BCUT2D eigenvalue weighted by Crippen LogP contribution is -2.31. The van der Waals surface area contributed by atoms with Crippen LogP contribution in [0.15, 0.2) is 29.1 Å². The Morgan fingerprint density at radius 1 is 1.26 bits per heavy atom. The number of nitrogens with zero attached hydrogens (tertiary/aromatic N) is 2. The fourth-order valence-electron chi connectivity index (χ4n) is 3.58. The fraction of sp³-hybridized carbons (Fsp3) is 0.444. The number of amides is 1. The van der Waals surface area contributed by atoms with E-state index < -0.39 is 0 Å². The molecule has 148 valence electrons. The van der Waals surface area contributed by atoms with Gasteiger partial charge in [0.1, 0.15) is 6.61 Å². The lowest BCUT2D eigenvalue weighted by Gasteiger charge is -2.18. The van der Waals surface area contributed by atoms with E-state index in [0.29, 0.717) is 35.5 Å². The lowest BCUT2D eigenvalue weighted by molar-refractivity contribution is 0.0781. The number of methoxy groups -OCH3 is 1. The molecule has 0 spiro atoms. The number of hydrogen-bond donors (Lipinski definition) is 1. The lowest BCUT2D eigenvalue weighted by atomic mass is 10.0. The molecule has 2 aromatic rings. The van der Waals surface area contributed by atoms with E-state index in [1.807, 2.05) is 16.3 Å². The normalized spacial score (nSPS) is 20.4. The molecule has 2 aliphatic rings. The van der Waals surface area contributed by atoms with E-state index in [1.165, 1.54) is 11.3 Å². The van der Waals surface area contributed by atoms with E-state index in [1.54, 1.807) is 24.8 Å². The summed E-state index contributed by atoms with van der Waals surface area (Å²) >= 11 is 1.54. The minimum atomic E-state index is 0. The van der Waals surface area contributed by atoms with Gasteiger partial charge in [-0.05, 0) is 30.0 Å². The number of likely N-dealkylation sites (tertiary alicyclic amines) is 1. The molecule has 9 heteroatoms. The van der Waals surface area contributed by atoms with E-state index in [9.17, 15) is 4.79 Å². The molecule has 2 aliphatic heterocycles. The van der Waals surface area contributed by atoms with E-state index >= 15 is 0 Å². The predicted octanol–water partition coefficient (Wildman–Crippen LogP) is 2.87. The predicted molar refractivity (Wildman–Crippen MR) is 110 cm³/mol. The number of hydrogen-bond acceptors (Lipinski definition) is 6. The van der Waals surface area contributed by atoms with Crippen LogP contribution in [0.2, 0.25) is 0 Å². The van der Waals surface area contributed by atoms with Gasteiger partial charge in [-0.25, -0.2) is 4.98 Å². The third-order valence-corrected chi connectivity index (χ3v) is 5.58. The molecule has 1 aromatic carbocycles. The summed E-state index contributed by atoms with van der Waals surface area (Å²) in [5.74, 6) is 2.44. The van der Waals surface area contributed by atoms with Crippen molar-refractivity contribution in [1.29, 1.82) is 0 Å². The average Bonchev–Trinajstić information content (AvgIpc) is 3.36. The minimum Gasteiger partial charge on any atom is -0.493 e. The molecule has 1 N–H and O–H groups in total. The molecule has 6 nitrogen and oxygen atoms in total. The first-order chi connectivity index (χ1) is 12.2. The van der Waals surface area contributed by atoms with Crippen molar-refractivity contribution in [3.05, 3.63) is 40.3 Å². The molecule has 0 aliphatic carbocycles. The van der Waals surface area contributed by atoms with Crippen LogP contribution >= 0.6 is 36.2 Å². The second kappa shape index (κ2) is 9.59. The van der Waals surface area contributed by atoms with Crippen molar-refractivity contribution < 1.29 is 14.3 Å². The van der Waals surface area contributed by atoms with Crippen LogP contribution in [-0.4, -0.2) is 49.1 Å². The van der Waals surface area contributed by atoms with Crippen molar-refractivity contribution in [1.82, 2.24) is 15.2 Å². The molecule has 0 saturated carbocycles. The second-order valence-electron chi connectivity index (χ2n) is 6.52. The van der Waals surface area contributed by atoms with Gasteiger partial charge in [-0.15, -0.1) is 36.2 Å². The molecule has 1 aromatic heterocycles. The maximum atomic E-state index is 12.8. The number of halogens is 2. The maximum Gasteiger partial charge on any atom is 0.254 e. The van der Waals surface area contributed by atoms with Gasteiger partial charge in [-0.2, -0.15) is 0 Å². The van der Waals surface area contributed by atoms with Crippen LogP contribution < -0.4 is 14.8 Å². The number of carbonyl (C=O) groups is 1. The molecule has 4 rings (SSSR count). The summed E-state index contributed by atoms with van der Waals surface area (Å²) in [4.78, 5) is 19.0. The number of carbonyl (C=O) groups excluding carboxylic acids is 1. The molecule has 3 heterocycles. The summed E-state index contributed by atoms with van der Waals surface area (Å²) in [5.41, 5.74) is 3.30. The SMILES string of the molecule is COc1cc(C(=O)N2C[C@H]3CNC[C@H]3C2)ccc1OCc1cscn1.Cl.Cl. The third kappa shape index (κ3) is 4.66. The first kappa shape index (κ1) is 21.8. The van der Waals surface area contributed by atoms with E-state index in [-0.39, 0.29) is 30.7 Å². The quantitative estimate of drug-likeness (QED) is 0.788. The standard InChI is InChI=1S/C18H21N3O3S.2ClH/c1-23-17-4-12(2-3-16(17)24-9-15-10-25-11-20-15)18(22)21-7-13-5-19-6-14(13)8-21;;/h2-4,10-11,13-14,19H,5-9H2,1H3;2*1H/t13-,14+;;. The zero-order valence-electron chi connectivity index (χ0n) is 14.9. The highest BCUT2D eigenvalue weighted by Crippen LogP contribution is 2.31. The van der Waals surface area contributed by atoms with Gasteiger partial charge in [0.15, 0.2) is 11.5 Å². The second-order valence-corrected chi connectivity index (χ2v) is 7.24. The number of nitrogens with one attached hydrogen (secondary N) is 1. The molecule has 0 bridgehead atoms. The summed E-state index contributed by atoms with van der Waals surface area (Å²) in [6, 6.07) is 5.38. The molecule has 2 fully saturated rings. The Labute approximate surface area is 175 Å². The highest BCUT2D eigenvalue weighted by Gasteiger charge is 2.38.